The van der Waals surface area contributed by atoms with Crippen molar-refractivity contribution in [3.05, 3.63) is 18.0 Å². The molecule has 122 valence electrons. The summed E-state index contributed by atoms with van der Waals surface area (Å²) in [5.74, 6) is 0. The minimum absolute atomic E-state index is 0.00305. The largest absolute Gasteiger partial charge is 0.387 e. The minimum atomic E-state index is -1.04. The van der Waals surface area contributed by atoms with Gasteiger partial charge in [-0.3, -0.25) is 0 Å². The van der Waals surface area contributed by atoms with Crippen LogP contribution in [0.5, 0.6) is 0 Å². The summed E-state index contributed by atoms with van der Waals surface area (Å²) in [5, 5.41) is 17.6. The van der Waals surface area contributed by atoms with Gasteiger partial charge in [0.25, 0.3) is 0 Å². The van der Waals surface area contributed by atoms with Gasteiger partial charge in [0, 0.05) is 38.5 Å². The molecular weight excluding hydrogens is 282 g/mol. The van der Waals surface area contributed by atoms with Crippen LogP contribution in [0.25, 0.3) is 0 Å². The van der Waals surface area contributed by atoms with E-state index in [1.165, 1.54) is 0 Å². The molecule has 1 rings (SSSR count). The summed E-state index contributed by atoms with van der Waals surface area (Å²) in [7, 11) is -1.04. The van der Waals surface area contributed by atoms with E-state index >= 15 is 0 Å². The molecule has 0 aliphatic heterocycles. The van der Waals surface area contributed by atoms with Crippen LogP contribution < -0.4 is 5.32 Å². The van der Waals surface area contributed by atoms with Crippen LogP contribution in [-0.2, 0) is 11.5 Å². The quantitative estimate of drug-likeness (QED) is 0.572. The molecule has 2 N–H and O–H groups in total. The summed E-state index contributed by atoms with van der Waals surface area (Å²) in [6.07, 6.45) is 3.01. The number of hydrogen-bond donors (Lipinski definition) is 2. The normalized spacial score (nSPS) is 14.4. The highest BCUT2D eigenvalue weighted by Crippen LogP contribution is 2.13. The van der Waals surface area contributed by atoms with Crippen molar-refractivity contribution < 1.29 is 9.84 Å². The van der Waals surface area contributed by atoms with Gasteiger partial charge in [-0.05, 0) is 26.8 Å². The van der Waals surface area contributed by atoms with E-state index in [4.69, 9.17) is 4.74 Å². The molecule has 0 radical (unpaired) electrons. The van der Waals surface area contributed by atoms with Crippen LogP contribution in [0.1, 0.15) is 32.4 Å². The molecule has 0 bridgehead atoms. The zero-order valence-electron chi connectivity index (χ0n) is 14.3. The van der Waals surface area contributed by atoms with Gasteiger partial charge in [-0.1, -0.05) is 19.6 Å². The number of nitrogens with zero attached hydrogens (tertiary/aromatic N) is 2. The first kappa shape index (κ1) is 18.4. The van der Waals surface area contributed by atoms with Crippen LogP contribution in [0.15, 0.2) is 12.4 Å². The number of β-amino-alcohol motifs (C(OH)–C–C–N with tert-alkyl or cyclic N) is 1. The molecule has 0 aliphatic rings. The van der Waals surface area contributed by atoms with Crippen molar-refractivity contribution >= 4 is 8.07 Å². The van der Waals surface area contributed by atoms with E-state index in [1.54, 1.807) is 10.9 Å². The van der Waals surface area contributed by atoms with Crippen molar-refractivity contribution in [2.75, 3.05) is 13.2 Å². The van der Waals surface area contributed by atoms with E-state index in [0.717, 1.165) is 18.2 Å². The van der Waals surface area contributed by atoms with Crippen molar-refractivity contribution in [2.24, 2.45) is 0 Å². The van der Waals surface area contributed by atoms with Crippen LogP contribution in [0.4, 0.5) is 0 Å². The highest BCUT2D eigenvalue weighted by molar-refractivity contribution is 6.76. The number of ether oxygens (including phenoxy) is 1. The highest BCUT2D eigenvalue weighted by atomic mass is 28.3. The lowest BCUT2D eigenvalue weighted by Crippen LogP contribution is -2.38. The summed E-state index contributed by atoms with van der Waals surface area (Å²) in [6, 6.07) is 1.15. The molecule has 0 saturated carbocycles. The lowest BCUT2D eigenvalue weighted by molar-refractivity contribution is 0.0782. The molecule has 0 fully saturated rings. The highest BCUT2D eigenvalue weighted by Gasteiger charge is 2.15. The lowest BCUT2D eigenvalue weighted by atomic mass is 10.1. The maximum atomic E-state index is 10.1. The molecule has 1 atom stereocenters. The Labute approximate surface area is 129 Å². The second-order valence-corrected chi connectivity index (χ2v) is 13.4. The summed E-state index contributed by atoms with van der Waals surface area (Å²) in [5.41, 5.74) is 0.817. The molecule has 6 heteroatoms. The number of nitrogens with one attached hydrogen (secondary N) is 1. The zero-order valence-corrected chi connectivity index (χ0v) is 15.3. The second-order valence-electron chi connectivity index (χ2n) is 7.81. The fraction of sp³-hybridized carbons (Fsp3) is 0.800. The molecule has 5 nitrogen and oxygen atoms in total. The fourth-order valence-electron chi connectivity index (χ4n) is 1.68. The van der Waals surface area contributed by atoms with Crippen molar-refractivity contribution in [3.8, 4) is 0 Å². The molecule has 1 heterocycles. The van der Waals surface area contributed by atoms with Crippen LogP contribution in [0.2, 0.25) is 25.7 Å². The minimum Gasteiger partial charge on any atom is -0.387 e. The van der Waals surface area contributed by atoms with E-state index in [0.29, 0.717) is 13.3 Å². The van der Waals surface area contributed by atoms with Gasteiger partial charge in [-0.2, -0.15) is 5.10 Å². The molecule has 1 unspecified atom stereocenters. The van der Waals surface area contributed by atoms with Gasteiger partial charge in [0.1, 0.15) is 6.73 Å². The van der Waals surface area contributed by atoms with Crippen LogP contribution in [-0.4, -0.2) is 41.7 Å². The maximum Gasteiger partial charge on any atom is 0.139 e. The molecule has 21 heavy (non-hydrogen) atoms. The van der Waals surface area contributed by atoms with Gasteiger partial charge < -0.3 is 15.2 Å². The first-order valence-electron chi connectivity index (χ1n) is 7.60. The third kappa shape index (κ3) is 8.36. The van der Waals surface area contributed by atoms with Crippen LogP contribution in [0, 0.1) is 0 Å². The van der Waals surface area contributed by atoms with Gasteiger partial charge in [0.05, 0.1) is 12.3 Å². The molecule has 1 aromatic rings. The SMILES string of the molecule is CC(C)(C)NCC(O)c1cnn(COCC[Si](C)(C)C)c1. The van der Waals surface area contributed by atoms with E-state index in [1.807, 2.05) is 6.20 Å². The van der Waals surface area contributed by atoms with Crippen molar-refractivity contribution in [1.29, 1.82) is 0 Å². The second kappa shape index (κ2) is 7.53. The topological polar surface area (TPSA) is 59.3 Å². The van der Waals surface area contributed by atoms with E-state index < -0.39 is 14.2 Å². The fourth-order valence-corrected chi connectivity index (χ4v) is 2.44. The number of aromatic nitrogens is 2. The maximum absolute atomic E-state index is 10.1. The predicted molar refractivity (Wildman–Crippen MR) is 89.0 cm³/mol. The molecule has 0 saturated heterocycles. The Hall–Kier alpha value is -0.693. The van der Waals surface area contributed by atoms with Crippen molar-refractivity contribution in [3.63, 3.8) is 0 Å². The first-order chi connectivity index (χ1) is 9.57. The Morgan fingerprint density at radius 1 is 1.38 bits per heavy atom. The van der Waals surface area contributed by atoms with Crippen LogP contribution in [0.3, 0.4) is 0 Å². The average Bonchev–Trinajstić information content (AvgIpc) is 2.78. The molecule has 0 aromatic carbocycles. The van der Waals surface area contributed by atoms with E-state index in [9.17, 15) is 5.11 Å². The predicted octanol–water partition coefficient (Wildman–Crippen LogP) is 2.62. The lowest BCUT2D eigenvalue weighted by Gasteiger charge is -2.22. The molecular formula is C15H31N3O2Si. The number of rotatable bonds is 8. The van der Waals surface area contributed by atoms with Crippen molar-refractivity contribution in [1.82, 2.24) is 15.1 Å². The van der Waals surface area contributed by atoms with Gasteiger partial charge in [-0.25, -0.2) is 4.68 Å². The monoisotopic (exact) mass is 313 g/mol. The molecule has 1 aromatic heterocycles. The Balaban J connectivity index is 2.35. The Morgan fingerprint density at radius 3 is 2.62 bits per heavy atom. The van der Waals surface area contributed by atoms with E-state index in [2.05, 4.69) is 50.8 Å². The van der Waals surface area contributed by atoms with E-state index in [-0.39, 0.29) is 5.54 Å². The number of hydrogen-bond acceptors (Lipinski definition) is 4. The Morgan fingerprint density at radius 2 is 2.05 bits per heavy atom. The van der Waals surface area contributed by atoms with Gasteiger partial charge in [0.2, 0.25) is 0 Å². The number of aliphatic hydroxyl groups is 1. The molecule has 0 amide bonds. The Kier molecular flexibility index (Phi) is 6.59. The molecule has 0 spiro atoms. The average molecular weight is 314 g/mol. The standard InChI is InChI=1S/C15H31N3O2Si/c1-15(2,3)16-10-14(19)13-9-17-18(11-13)12-20-7-8-21(4,5)6/h9,11,14,16,19H,7-8,10,12H2,1-6H3. The summed E-state index contributed by atoms with van der Waals surface area (Å²) in [4.78, 5) is 0. The summed E-state index contributed by atoms with van der Waals surface area (Å²) < 4.78 is 7.38. The van der Waals surface area contributed by atoms with Crippen LogP contribution >= 0.6 is 0 Å². The van der Waals surface area contributed by atoms with Gasteiger partial charge in [0.15, 0.2) is 0 Å². The third-order valence-corrected chi connectivity index (χ3v) is 4.79. The summed E-state index contributed by atoms with van der Waals surface area (Å²) in [6.45, 7) is 15.0. The number of aliphatic hydroxyl groups excluding tert-OH is 1. The first-order valence-corrected chi connectivity index (χ1v) is 11.3. The van der Waals surface area contributed by atoms with Gasteiger partial charge >= 0.3 is 0 Å². The molecule has 0 aliphatic carbocycles. The summed E-state index contributed by atoms with van der Waals surface area (Å²) >= 11 is 0. The third-order valence-electron chi connectivity index (χ3n) is 3.08. The smallest absolute Gasteiger partial charge is 0.139 e. The zero-order chi connectivity index (χ0) is 16.1. The van der Waals surface area contributed by atoms with Crippen molar-refractivity contribution in [2.45, 2.75) is 64.8 Å². The Bertz CT molecular complexity index is 421. The van der Waals surface area contributed by atoms with Gasteiger partial charge in [-0.15, -0.1) is 0 Å².